The predicted molar refractivity (Wildman–Crippen MR) is 133 cm³/mol. The van der Waals surface area contributed by atoms with E-state index in [0.717, 1.165) is 22.3 Å². The minimum Gasteiger partial charge on any atom is -0.286 e. The molecule has 0 spiro atoms. The van der Waals surface area contributed by atoms with Crippen molar-refractivity contribution >= 4 is 21.2 Å². The fourth-order valence-corrected chi connectivity index (χ4v) is 4.64. The zero-order valence-corrected chi connectivity index (χ0v) is 19.7. The lowest BCUT2D eigenvalue weighted by Crippen LogP contribution is -2.08. The molecule has 7 nitrogen and oxygen atoms in total. The van der Waals surface area contributed by atoms with Gasteiger partial charge in [0.15, 0.2) is 5.65 Å². The summed E-state index contributed by atoms with van der Waals surface area (Å²) in [4.78, 5) is 8.93. The third-order valence-electron chi connectivity index (χ3n) is 5.73. The molecule has 3 aromatic heterocycles. The standard InChI is InChI=1S/C26H20F2N4O3S/c27-20-6-2-17(3-7-20)23-22-16-32(14-1-15-36(33,34)35)31-26(22)30-25(19-4-8-21(28)9-5-19)24(23)18-10-12-29-13-11-18/h2-13,16H,1,14-15H2,(H,33,34,35). The van der Waals surface area contributed by atoms with Crippen LogP contribution in [0.4, 0.5) is 8.78 Å². The van der Waals surface area contributed by atoms with Crippen LogP contribution in [-0.2, 0) is 16.7 Å². The Balaban J connectivity index is 1.79. The topological polar surface area (TPSA) is 98.0 Å². The number of rotatable bonds is 7. The van der Waals surface area contributed by atoms with Gasteiger partial charge < -0.3 is 0 Å². The van der Waals surface area contributed by atoms with Gasteiger partial charge in [0.05, 0.1) is 11.4 Å². The van der Waals surface area contributed by atoms with Gasteiger partial charge in [-0.2, -0.15) is 13.5 Å². The first-order valence-corrected chi connectivity index (χ1v) is 12.7. The van der Waals surface area contributed by atoms with Crippen LogP contribution in [0.1, 0.15) is 6.42 Å². The molecular weight excluding hydrogens is 486 g/mol. The SMILES string of the molecule is O=S(=O)(O)CCCn1cc2c(-c3ccc(F)cc3)c(-c3ccncc3)c(-c3ccc(F)cc3)nc2n1. The highest BCUT2D eigenvalue weighted by Crippen LogP contribution is 2.42. The van der Waals surface area contributed by atoms with E-state index in [4.69, 9.17) is 9.54 Å². The number of pyridine rings is 2. The summed E-state index contributed by atoms with van der Waals surface area (Å²) in [5.41, 5.74) is 4.60. The van der Waals surface area contributed by atoms with Crippen molar-refractivity contribution in [3.05, 3.63) is 90.9 Å². The molecule has 0 saturated carbocycles. The molecule has 0 aliphatic carbocycles. The molecule has 0 amide bonds. The summed E-state index contributed by atoms with van der Waals surface area (Å²) in [6.07, 6.45) is 5.22. The number of hydrogen-bond acceptors (Lipinski definition) is 5. The van der Waals surface area contributed by atoms with Crippen LogP contribution in [0.15, 0.2) is 79.3 Å². The lowest BCUT2D eigenvalue weighted by molar-refractivity contribution is 0.476. The molecule has 0 bridgehead atoms. The van der Waals surface area contributed by atoms with Crippen molar-refractivity contribution in [1.82, 2.24) is 19.7 Å². The molecular formula is C26H20F2N4O3S. The van der Waals surface area contributed by atoms with E-state index >= 15 is 0 Å². The molecule has 0 radical (unpaired) electrons. The van der Waals surface area contributed by atoms with Crippen LogP contribution < -0.4 is 0 Å². The summed E-state index contributed by atoms with van der Waals surface area (Å²) >= 11 is 0. The Morgan fingerprint density at radius 3 is 2.00 bits per heavy atom. The Labute approximate surface area is 205 Å². The van der Waals surface area contributed by atoms with Gasteiger partial charge in [0.1, 0.15) is 11.6 Å². The average molecular weight is 507 g/mol. The van der Waals surface area contributed by atoms with Gasteiger partial charge >= 0.3 is 0 Å². The molecule has 5 aromatic rings. The second kappa shape index (κ2) is 9.56. The highest BCUT2D eigenvalue weighted by Gasteiger charge is 2.22. The van der Waals surface area contributed by atoms with Crippen LogP contribution in [0.2, 0.25) is 0 Å². The van der Waals surface area contributed by atoms with E-state index in [0.29, 0.717) is 22.3 Å². The van der Waals surface area contributed by atoms with Crippen molar-refractivity contribution < 1.29 is 21.8 Å². The Hall–Kier alpha value is -4.02. The quantitative estimate of drug-likeness (QED) is 0.298. The number of nitrogens with zero attached hydrogens (tertiary/aromatic N) is 4. The number of benzene rings is 2. The van der Waals surface area contributed by atoms with Gasteiger partial charge in [0.25, 0.3) is 10.1 Å². The maximum absolute atomic E-state index is 13.8. The van der Waals surface area contributed by atoms with Crippen molar-refractivity contribution in [2.24, 2.45) is 0 Å². The Morgan fingerprint density at radius 2 is 1.39 bits per heavy atom. The van der Waals surface area contributed by atoms with E-state index in [2.05, 4.69) is 10.1 Å². The first-order chi connectivity index (χ1) is 17.3. The van der Waals surface area contributed by atoms with E-state index in [1.54, 1.807) is 47.5 Å². The molecule has 0 fully saturated rings. The largest absolute Gasteiger partial charge is 0.286 e. The third-order valence-corrected chi connectivity index (χ3v) is 6.53. The van der Waals surface area contributed by atoms with Gasteiger partial charge in [-0.05, 0) is 66.1 Å². The highest BCUT2D eigenvalue weighted by molar-refractivity contribution is 7.85. The van der Waals surface area contributed by atoms with Gasteiger partial charge in [-0.15, -0.1) is 0 Å². The lowest BCUT2D eigenvalue weighted by Gasteiger charge is -2.16. The van der Waals surface area contributed by atoms with Crippen molar-refractivity contribution in [2.75, 3.05) is 5.75 Å². The van der Waals surface area contributed by atoms with Crippen LogP contribution in [0, 0.1) is 11.6 Å². The van der Waals surface area contributed by atoms with E-state index in [1.165, 1.54) is 24.3 Å². The van der Waals surface area contributed by atoms with Crippen LogP contribution in [-0.4, -0.2) is 38.5 Å². The molecule has 0 aliphatic rings. The molecule has 0 saturated heterocycles. The second-order valence-electron chi connectivity index (χ2n) is 8.23. The summed E-state index contributed by atoms with van der Waals surface area (Å²) in [5.74, 6) is -1.16. The Kier molecular flexibility index (Phi) is 6.29. The van der Waals surface area contributed by atoms with Crippen molar-refractivity contribution in [2.45, 2.75) is 13.0 Å². The summed E-state index contributed by atoms with van der Waals surface area (Å²) in [6.45, 7) is 0.232. The van der Waals surface area contributed by atoms with Crippen LogP contribution in [0.25, 0.3) is 44.5 Å². The number of hydrogen-bond donors (Lipinski definition) is 1. The van der Waals surface area contributed by atoms with Gasteiger partial charge in [0, 0.05) is 47.2 Å². The predicted octanol–water partition coefficient (Wildman–Crippen LogP) is 5.38. The van der Waals surface area contributed by atoms with Gasteiger partial charge in [-0.3, -0.25) is 14.2 Å². The summed E-state index contributed by atoms with van der Waals surface area (Å²) in [7, 11) is -4.10. The lowest BCUT2D eigenvalue weighted by atomic mass is 9.90. The monoisotopic (exact) mass is 506 g/mol. The maximum atomic E-state index is 13.8. The summed E-state index contributed by atoms with van der Waals surface area (Å²) in [5, 5.41) is 5.22. The molecule has 182 valence electrons. The zero-order valence-electron chi connectivity index (χ0n) is 18.8. The minimum atomic E-state index is -4.10. The molecule has 36 heavy (non-hydrogen) atoms. The number of aryl methyl sites for hydroxylation is 1. The minimum absolute atomic E-state index is 0.154. The smallest absolute Gasteiger partial charge is 0.264 e. The molecule has 2 aromatic carbocycles. The average Bonchev–Trinajstić information content (AvgIpc) is 3.26. The molecule has 5 rings (SSSR count). The molecule has 0 aliphatic heterocycles. The first kappa shape index (κ1) is 23.7. The zero-order chi connectivity index (χ0) is 25.3. The van der Waals surface area contributed by atoms with Crippen LogP contribution >= 0.6 is 0 Å². The van der Waals surface area contributed by atoms with E-state index < -0.39 is 15.9 Å². The fourth-order valence-electron chi connectivity index (χ4n) is 4.14. The molecule has 10 heteroatoms. The first-order valence-electron chi connectivity index (χ1n) is 11.1. The molecule has 0 atom stereocenters. The van der Waals surface area contributed by atoms with Gasteiger partial charge in [0.2, 0.25) is 0 Å². The van der Waals surface area contributed by atoms with Crippen molar-refractivity contribution in [3.8, 4) is 33.5 Å². The molecule has 1 N–H and O–H groups in total. The van der Waals surface area contributed by atoms with Gasteiger partial charge in [-0.1, -0.05) is 12.1 Å². The van der Waals surface area contributed by atoms with Crippen molar-refractivity contribution in [3.63, 3.8) is 0 Å². The summed E-state index contributed by atoms with van der Waals surface area (Å²) in [6, 6.07) is 15.7. The van der Waals surface area contributed by atoms with E-state index in [1.807, 2.05) is 12.1 Å². The summed E-state index contributed by atoms with van der Waals surface area (Å²) < 4.78 is 60.5. The van der Waals surface area contributed by atoms with Crippen LogP contribution in [0.3, 0.4) is 0 Å². The number of fused-ring (bicyclic) bond motifs is 1. The van der Waals surface area contributed by atoms with E-state index in [9.17, 15) is 17.2 Å². The number of aromatic nitrogens is 4. The highest BCUT2D eigenvalue weighted by atomic mass is 32.2. The molecule has 0 unspecified atom stereocenters. The normalized spacial score (nSPS) is 11.8. The molecule has 3 heterocycles. The van der Waals surface area contributed by atoms with Crippen molar-refractivity contribution in [1.29, 1.82) is 0 Å². The van der Waals surface area contributed by atoms with E-state index in [-0.39, 0.29) is 24.6 Å². The van der Waals surface area contributed by atoms with Crippen LogP contribution in [0.5, 0.6) is 0 Å². The third kappa shape index (κ3) is 5.00. The second-order valence-corrected chi connectivity index (χ2v) is 9.80. The fraction of sp³-hybridized carbons (Fsp3) is 0.115. The van der Waals surface area contributed by atoms with Gasteiger partial charge in [-0.25, -0.2) is 13.8 Å². The maximum Gasteiger partial charge on any atom is 0.264 e. The Bertz CT molecular complexity index is 1640. The number of halogens is 2. The Morgan fingerprint density at radius 1 is 0.806 bits per heavy atom.